The molecule has 0 aromatic carbocycles. The Balaban J connectivity index is 2.36. The van der Waals surface area contributed by atoms with E-state index in [9.17, 15) is 13.2 Å². The largest absolute Gasteiger partial charge is 0.418 e. The molecule has 0 atom stereocenters. The standard InChI is InChI=1S/C10H13F3N3/c11-10(12,13)8-5-9(7-15-6-8)16(14)3-1-2-4-16/h5-7H,1-4,14H2/q+1. The number of rotatable bonds is 1. The highest BCUT2D eigenvalue weighted by Gasteiger charge is 2.36. The van der Waals surface area contributed by atoms with Crippen LogP contribution >= 0.6 is 0 Å². The van der Waals surface area contributed by atoms with Crippen LogP contribution in [-0.4, -0.2) is 18.1 Å². The maximum atomic E-state index is 12.5. The molecule has 16 heavy (non-hydrogen) atoms. The maximum Gasteiger partial charge on any atom is 0.418 e. The van der Waals surface area contributed by atoms with Crippen LogP contribution < -0.4 is 10.4 Å². The van der Waals surface area contributed by atoms with E-state index in [4.69, 9.17) is 5.84 Å². The summed E-state index contributed by atoms with van der Waals surface area (Å²) in [7, 11) is 0. The summed E-state index contributed by atoms with van der Waals surface area (Å²) in [6, 6.07) is 1.10. The topological polar surface area (TPSA) is 38.9 Å². The predicted octanol–water partition coefficient (Wildman–Crippen LogP) is 2.08. The molecule has 1 aliphatic heterocycles. The van der Waals surface area contributed by atoms with Crippen LogP contribution in [0.5, 0.6) is 0 Å². The molecule has 1 aliphatic rings. The molecular formula is C10H13F3N3+. The van der Waals surface area contributed by atoms with Gasteiger partial charge in [-0.05, 0) is 0 Å². The second kappa shape index (κ2) is 3.71. The normalized spacial score (nSPS) is 20.0. The van der Waals surface area contributed by atoms with Crippen LogP contribution in [0.25, 0.3) is 0 Å². The van der Waals surface area contributed by atoms with Crippen molar-refractivity contribution in [3.05, 3.63) is 24.0 Å². The number of hydrogen-bond acceptors (Lipinski definition) is 2. The van der Waals surface area contributed by atoms with Gasteiger partial charge in [-0.2, -0.15) is 19.0 Å². The van der Waals surface area contributed by atoms with Gasteiger partial charge in [0, 0.05) is 25.1 Å². The summed E-state index contributed by atoms with van der Waals surface area (Å²) in [6.07, 6.45) is -0.242. The molecule has 0 aliphatic carbocycles. The molecule has 1 saturated heterocycles. The van der Waals surface area contributed by atoms with Crippen molar-refractivity contribution in [2.24, 2.45) is 5.84 Å². The molecule has 88 valence electrons. The highest BCUT2D eigenvalue weighted by atomic mass is 19.4. The predicted molar refractivity (Wildman–Crippen MR) is 54.2 cm³/mol. The maximum absolute atomic E-state index is 12.5. The van der Waals surface area contributed by atoms with E-state index in [-0.39, 0.29) is 4.59 Å². The van der Waals surface area contributed by atoms with Gasteiger partial charge in [0.2, 0.25) is 0 Å². The summed E-state index contributed by atoms with van der Waals surface area (Å²) in [5, 5.41) is 0. The van der Waals surface area contributed by atoms with Gasteiger partial charge in [-0.15, -0.1) is 0 Å². The van der Waals surface area contributed by atoms with E-state index in [1.165, 1.54) is 6.20 Å². The van der Waals surface area contributed by atoms with Crippen LogP contribution in [0.1, 0.15) is 18.4 Å². The number of nitrogens with zero attached hydrogens (tertiary/aromatic N) is 2. The number of aromatic nitrogens is 1. The van der Waals surface area contributed by atoms with Gasteiger partial charge in [-0.25, -0.2) is 4.59 Å². The second-order valence-electron chi connectivity index (χ2n) is 4.12. The van der Waals surface area contributed by atoms with Gasteiger partial charge in [0.15, 0.2) is 5.69 Å². The Morgan fingerprint density at radius 1 is 1.19 bits per heavy atom. The lowest BCUT2D eigenvalue weighted by Crippen LogP contribution is -2.53. The van der Waals surface area contributed by atoms with Crippen molar-refractivity contribution in [3.8, 4) is 0 Å². The quantitative estimate of drug-likeness (QED) is 0.594. The summed E-state index contributed by atoms with van der Waals surface area (Å²) < 4.78 is 37.5. The Morgan fingerprint density at radius 2 is 1.81 bits per heavy atom. The second-order valence-corrected chi connectivity index (χ2v) is 4.12. The van der Waals surface area contributed by atoms with E-state index in [1.807, 2.05) is 0 Å². The van der Waals surface area contributed by atoms with Crippen LogP contribution in [0.3, 0.4) is 0 Å². The molecule has 0 amide bonds. The molecule has 0 saturated carbocycles. The fraction of sp³-hybridized carbons (Fsp3) is 0.500. The van der Waals surface area contributed by atoms with Crippen LogP contribution in [0.4, 0.5) is 18.9 Å². The summed E-state index contributed by atoms with van der Waals surface area (Å²) >= 11 is 0. The molecule has 0 bridgehead atoms. The molecule has 2 N–H and O–H groups in total. The monoisotopic (exact) mass is 232 g/mol. The van der Waals surface area contributed by atoms with Crippen LogP contribution in [0.15, 0.2) is 18.5 Å². The molecule has 3 nitrogen and oxygen atoms in total. The Hall–Kier alpha value is -1.14. The molecule has 2 rings (SSSR count). The third-order valence-electron chi connectivity index (χ3n) is 2.93. The third kappa shape index (κ3) is 2.03. The van der Waals surface area contributed by atoms with Crippen molar-refractivity contribution < 1.29 is 13.2 Å². The van der Waals surface area contributed by atoms with Crippen molar-refractivity contribution in [1.29, 1.82) is 0 Å². The average Bonchev–Trinajstić information content (AvgIpc) is 2.66. The SMILES string of the molecule is N[N+]1(c2cncc(C(F)(F)F)c2)CCCC1. The summed E-state index contributed by atoms with van der Waals surface area (Å²) in [6.45, 7) is 1.34. The van der Waals surface area contributed by atoms with E-state index in [0.717, 1.165) is 25.1 Å². The number of nitrogens with two attached hydrogens (primary N) is 1. The molecule has 2 heterocycles. The van der Waals surface area contributed by atoms with Crippen molar-refractivity contribution in [2.75, 3.05) is 13.1 Å². The van der Waals surface area contributed by atoms with Crippen molar-refractivity contribution in [1.82, 2.24) is 9.58 Å². The smallest absolute Gasteiger partial charge is 0.258 e. The molecule has 1 fully saturated rings. The minimum absolute atomic E-state index is 0.0664. The number of quaternary nitrogens is 1. The fourth-order valence-electron chi connectivity index (χ4n) is 1.98. The molecule has 1 aromatic rings. The van der Waals surface area contributed by atoms with E-state index in [0.29, 0.717) is 18.8 Å². The van der Waals surface area contributed by atoms with Crippen LogP contribution in [0, 0.1) is 0 Å². The van der Waals surface area contributed by atoms with Gasteiger partial charge in [0.1, 0.15) is 13.1 Å². The zero-order valence-corrected chi connectivity index (χ0v) is 8.67. The molecule has 6 heteroatoms. The molecule has 0 unspecified atom stereocenters. The van der Waals surface area contributed by atoms with Gasteiger partial charge >= 0.3 is 6.18 Å². The number of pyridine rings is 1. The third-order valence-corrected chi connectivity index (χ3v) is 2.93. The summed E-state index contributed by atoms with van der Waals surface area (Å²) in [5.41, 5.74) is -0.299. The van der Waals surface area contributed by atoms with E-state index in [2.05, 4.69) is 4.98 Å². The van der Waals surface area contributed by atoms with Gasteiger partial charge < -0.3 is 0 Å². The molecular weight excluding hydrogens is 219 g/mol. The van der Waals surface area contributed by atoms with Crippen LogP contribution in [-0.2, 0) is 6.18 Å². The zero-order valence-electron chi connectivity index (χ0n) is 8.67. The van der Waals surface area contributed by atoms with Crippen molar-refractivity contribution >= 4 is 5.69 Å². The molecule has 0 radical (unpaired) electrons. The fourth-order valence-corrected chi connectivity index (χ4v) is 1.98. The Morgan fingerprint density at radius 3 is 2.38 bits per heavy atom. The van der Waals surface area contributed by atoms with E-state index >= 15 is 0 Å². The highest BCUT2D eigenvalue weighted by molar-refractivity contribution is 5.42. The Labute approximate surface area is 91.2 Å². The number of halogens is 3. The zero-order chi connectivity index (χ0) is 11.8. The molecule has 0 spiro atoms. The first-order valence-corrected chi connectivity index (χ1v) is 5.10. The van der Waals surface area contributed by atoms with E-state index < -0.39 is 11.7 Å². The lowest BCUT2D eigenvalue weighted by atomic mass is 10.2. The molecule has 1 aromatic heterocycles. The van der Waals surface area contributed by atoms with Crippen molar-refractivity contribution in [2.45, 2.75) is 19.0 Å². The Bertz CT molecular complexity index is 383. The Kier molecular flexibility index (Phi) is 2.63. The number of alkyl halides is 3. The van der Waals surface area contributed by atoms with Gasteiger partial charge in [-0.1, -0.05) is 0 Å². The van der Waals surface area contributed by atoms with Gasteiger partial charge in [-0.3, -0.25) is 4.98 Å². The number of hydrogen-bond donors (Lipinski definition) is 1. The summed E-state index contributed by atoms with van der Waals surface area (Å²) in [4.78, 5) is 3.63. The minimum Gasteiger partial charge on any atom is -0.258 e. The lowest BCUT2D eigenvalue weighted by molar-refractivity contribution is -0.137. The van der Waals surface area contributed by atoms with E-state index in [1.54, 1.807) is 0 Å². The first-order valence-electron chi connectivity index (χ1n) is 5.10. The van der Waals surface area contributed by atoms with Gasteiger partial charge in [0.05, 0.1) is 11.8 Å². The first kappa shape index (κ1) is 11.3. The van der Waals surface area contributed by atoms with Crippen LogP contribution in [0.2, 0.25) is 0 Å². The summed E-state index contributed by atoms with van der Waals surface area (Å²) in [5.74, 6) is 6.02. The van der Waals surface area contributed by atoms with Crippen molar-refractivity contribution in [3.63, 3.8) is 0 Å². The lowest BCUT2D eigenvalue weighted by Gasteiger charge is -2.26. The average molecular weight is 232 g/mol. The van der Waals surface area contributed by atoms with Gasteiger partial charge in [0.25, 0.3) is 0 Å². The first-order chi connectivity index (χ1) is 7.42. The highest BCUT2D eigenvalue weighted by Crippen LogP contribution is 2.32. The minimum atomic E-state index is -4.36.